The maximum atomic E-state index is 11.4. The number of carbonyl (C=O) groups excluding carboxylic acids is 1. The normalized spacial score (nSPS) is 29.9. The highest BCUT2D eigenvalue weighted by Crippen LogP contribution is 2.22. The summed E-state index contributed by atoms with van der Waals surface area (Å²) in [7, 11) is 0. The van der Waals surface area contributed by atoms with Crippen LogP contribution in [-0.4, -0.2) is 28.7 Å². The Morgan fingerprint density at radius 1 is 1.67 bits per heavy atom. The molecule has 0 bridgehead atoms. The van der Waals surface area contributed by atoms with Gasteiger partial charge >= 0.3 is 0 Å². The molecule has 0 aromatic carbocycles. The molecular formula is C9H17NO2. The Kier molecular flexibility index (Phi) is 3.09. The summed E-state index contributed by atoms with van der Waals surface area (Å²) in [5.41, 5.74) is 0. The molecule has 70 valence electrons. The molecule has 1 aliphatic rings. The first-order valence-electron chi connectivity index (χ1n) is 4.65. The molecule has 3 heteroatoms. The average Bonchev–Trinajstić information content (AvgIpc) is 2.25. The molecule has 1 N–H and O–H groups in total. The highest BCUT2D eigenvalue weighted by Gasteiger charge is 2.34. The van der Waals surface area contributed by atoms with Crippen LogP contribution in [0.15, 0.2) is 0 Å². The fourth-order valence-electron chi connectivity index (χ4n) is 1.56. The first-order valence-corrected chi connectivity index (χ1v) is 4.65. The maximum absolute atomic E-state index is 11.4. The highest BCUT2D eigenvalue weighted by molar-refractivity contribution is 5.80. The molecule has 0 saturated carbocycles. The van der Waals surface area contributed by atoms with E-state index in [1.165, 1.54) is 0 Å². The van der Waals surface area contributed by atoms with E-state index in [-0.39, 0.29) is 11.8 Å². The van der Waals surface area contributed by atoms with Crippen molar-refractivity contribution in [2.45, 2.75) is 39.3 Å². The number of rotatable bonds is 3. The first kappa shape index (κ1) is 9.52. The molecule has 1 fully saturated rings. The second-order valence-corrected chi connectivity index (χ2v) is 3.50. The Morgan fingerprint density at radius 2 is 2.33 bits per heavy atom. The van der Waals surface area contributed by atoms with Crippen molar-refractivity contribution in [1.82, 2.24) is 4.90 Å². The zero-order valence-electron chi connectivity index (χ0n) is 7.79. The van der Waals surface area contributed by atoms with Crippen LogP contribution in [0.1, 0.15) is 33.1 Å². The van der Waals surface area contributed by atoms with E-state index in [4.69, 9.17) is 0 Å². The Hall–Kier alpha value is -0.570. The SMILES string of the molecule is CCCCN1C(=O)C(C)CC1O. The number of unbranched alkanes of at least 4 members (excludes halogenated alkanes) is 1. The minimum absolute atomic E-state index is 0.0110. The molecule has 0 aliphatic carbocycles. The van der Waals surface area contributed by atoms with E-state index in [1.54, 1.807) is 4.90 Å². The lowest BCUT2D eigenvalue weighted by atomic mass is 10.1. The van der Waals surface area contributed by atoms with Crippen LogP contribution >= 0.6 is 0 Å². The second-order valence-electron chi connectivity index (χ2n) is 3.50. The molecular weight excluding hydrogens is 154 g/mol. The summed E-state index contributed by atoms with van der Waals surface area (Å²) in [6.07, 6.45) is 2.11. The zero-order valence-corrected chi connectivity index (χ0v) is 7.79. The van der Waals surface area contributed by atoms with Crippen LogP contribution in [0.3, 0.4) is 0 Å². The van der Waals surface area contributed by atoms with Crippen molar-refractivity contribution in [2.24, 2.45) is 5.92 Å². The molecule has 2 unspecified atom stereocenters. The van der Waals surface area contributed by atoms with Crippen LogP contribution in [0.2, 0.25) is 0 Å². The summed E-state index contributed by atoms with van der Waals surface area (Å²) in [5.74, 6) is 0.118. The van der Waals surface area contributed by atoms with Gasteiger partial charge in [-0.2, -0.15) is 0 Å². The van der Waals surface area contributed by atoms with Crippen LogP contribution in [0.5, 0.6) is 0 Å². The summed E-state index contributed by atoms with van der Waals surface area (Å²) in [4.78, 5) is 13.0. The Labute approximate surface area is 73.4 Å². The van der Waals surface area contributed by atoms with Gasteiger partial charge in [-0.1, -0.05) is 20.3 Å². The highest BCUT2D eigenvalue weighted by atomic mass is 16.3. The number of aliphatic hydroxyl groups is 1. The average molecular weight is 171 g/mol. The van der Waals surface area contributed by atoms with Gasteiger partial charge in [0, 0.05) is 18.9 Å². The number of nitrogens with zero attached hydrogens (tertiary/aromatic N) is 1. The van der Waals surface area contributed by atoms with Gasteiger partial charge in [0.15, 0.2) is 0 Å². The lowest BCUT2D eigenvalue weighted by Gasteiger charge is -2.19. The molecule has 0 radical (unpaired) electrons. The molecule has 1 aliphatic heterocycles. The van der Waals surface area contributed by atoms with Crippen molar-refractivity contribution in [3.63, 3.8) is 0 Å². The number of carbonyl (C=O) groups is 1. The van der Waals surface area contributed by atoms with Crippen molar-refractivity contribution >= 4 is 5.91 Å². The van der Waals surface area contributed by atoms with Gasteiger partial charge in [0.05, 0.1) is 0 Å². The molecule has 1 saturated heterocycles. The largest absolute Gasteiger partial charge is 0.374 e. The molecule has 0 aromatic heterocycles. The smallest absolute Gasteiger partial charge is 0.227 e. The lowest BCUT2D eigenvalue weighted by Crippen LogP contribution is -2.34. The Balaban J connectivity index is 2.46. The number of aliphatic hydroxyl groups excluding tert-OH is 1. The van der Waals surface area contributed by atoms with E-state index in [0.29, 0.717) is 13.0 Å². The van der Waals surface area contributed by atoms with Gasteiger partial charge < -0.3 is 10.0 Å². The predicted molar refractivity (Wildman–Crippen MR) is 46.4 cm³/mol. The van der Waals surface area contributed by atoms with Crippen LogP contribution in [0.25, 0.3) is 0 Å². The van der Waals surface area contributed by atoms with Gasteiger partial charge in [0.25, 0.3) is 0 Å². The molecule has 1 rings (SSSR count). The number of likely N-dealkylation sites (tertiary alicyclic amines) is 1. The van der Waals surface area contributed by atoms with Crippen molar-refractivity contribution in [3.8, 4) is 0 Å². The van der Waals surface area contributed by atoms with E-state index < -0.39 is 6.23 Å². The minimum Gasteiger partial charge on any atom is -0.374 e. The molecule has 1 heterocycles. The second kappa shape index (κ2) is 3.90. The summed E-state index contributed by atoms with van der Waals surface area (Å²) in [6, 6.07) is 0. The number of hydrogen-bond acceptors (Lipinski definition) is 2. The first-order chi connectivity index (χ1) is 5.66. The van der Waals surface area contributed by atoms with Gasteiger partial charge in [-0.15, -0.1) is 0 Å². The summed E-state index contributed by atoms with van der Waals surface area (Å²) in [6.45, 7) is 4.66. The predicted octanol–water partition coefficient (Wildman–Crippen LogP) is 0.973. The Bertz CT molecular complexity index is 170. The topological polar surface area (TPSA) is 40.5 Å². The van der Waals surface area contributed by atoms with Crippen LogP contribution in [-0.2, 0) is 4.79 Å². The molecule has 0 aromatic rings. The van der Waals surface area contributed by atoms with E-state index in [9.17, 15) is 9.90 Å². The summed E-state index contributed by atoms with van der Waals surface area (Å²) >= 11 is 0. The standard InChI is InChI=1S/C9H17NO2/c1-3-4-5-10-8(11)6-7(2)9(10)12/h7-8,11H,3-6H2,1-2H3. The van der Waals surface area contributed by atoms with Crippen molar-refractivity contribution in [1.29, 1.82) is 0 Å². The lowest BCUT2D eigenvalue weighted by molar-refractivity contribution is -0.135. The maximum Gasteiger partial charge on any atom is 0.227 e. The number of amides is 1. The van der Waals surface area contributed by atoms with Crippen LogP contribution < -0.4 is 0 Å². The molecule has 2 atom stereocenters. The van der Waals surface area contributed by atoms with Crippen LogP contribution in [0.4, 0.5) is 0 Å². The van der Waals surface area contributed by atoms with Gasteiger partial charge in [0.1, 0.15) is 6.23 Å². The van der Waals surface area contributed by atoms with E-state index in [2.05, 4.69) is 6.92 Å². The third-order valence-corrected chi connectivity index (χ3v) is 2.38. The molecule has 1 amide bonds. The van der Waals surface area contributed by atoms with Gasteiger partial charge in [-0.25, -0.2) is 0 Å². The summed E-state index contributed by atoms with van der Waals surface area (Å²) < 4.78 is 0. The summed E-state index contributed by atoms with van der Waals surface area (Å²) in [5, 5.41) is 9.46. The van der Waals surface area contributed by atoms with E-state index in [1.807, 2.05) is 6.92 Å². The molecule has 0 spiro atoms. The van der Waals surface area contributed by atoms with E-state index in [0.717, 1.165) is 12.8 Å². The fourth-order valence-corrected chi connectivity index (χ4v) is 1.56. The van der Waals surface area contributed by atoms with Gasteiger partial charge in [0.2, 0.25) is 5.91 Å². The Morgan fingerprint density at radius 3 is 2.75 bits per heavy atom. The van der Waals surface area contributed by atoms with Crippen LogP contribution in [0, 0.1) is 5.92 Å². The fraction of sp³-hybridized carbons (Fsp3) is 0.889. The van der Waals surface area contributed by atoms with Crippen molar-refractivity contribution < 1.29 is 9.90 Å². The van der Waals surface area contributed by atoms with Gasteiger partial charge in [-0.05, 0) is 6.42 Å². The number of hydrogen-bond donors (Lipinski definition) is 1. The van der Waals surface area contributed by atoms with Gasteiger partial charge in [-0.3, -0.25) is 4.79 Å². The third kappa shape index (κ3) is 1.78. The van der Waals surface area contributed by atoms with Crippen molar-refractivity contribution in [2.75, 3.05) is 6.54 Å². The monoisotopic (exact) mass is 171 g/mol. The zero-order chi connectivity index (χ0) is 9.14. The third-order valence-electron chi connectivity index (χ3n) is 2.38. The molecule has 12 heavy (non-hydrogen) atoms. The molecule has 3 nitrogen and oxygen atoms in total. The quantitative estimate of drug-likeness (QED) is 0.687. The minimum atomic E-state index is -0.529. The van der Waals surface area contributed by atoms with E-state index >= 15 is 0 Å². The van der Waals surface area contributed by atoms with Crippen molar-refractivity contribution in [3.05, 3.63) is 0 Å².